The van der Waals surface area contributed by atoms with Crippen LogP contribution in [0.4, 0.5) is 0 Å². The Morgan fingerprint density at radius 3 is 2.30 bits per heavy atom. The van der Waals surface area contributed by atoms with Gasteiger partial charge in [0.2, 0.25) is 15.9 Å². The number of rotatable bonds is 8. The first-order chi connectivity index (χ1) is 13.7. The predicted octanol–water partition coefficient (Wildman–Crippen LogP) is 0.953. The minimum Gasteiger partial charge on any atom is -0.378 e. The summed E-state index contributed by atoms with van der Waals surface area (Å²) in [5, 5.41) is 3.50. The van der Waals surface area contributed by atoms with E-state index in [4.69, 9.17) is 4.74 Å². The van der Waals surface area contributed by atoms with Gasteiger partial charge in [0.05, 0.1) is 18.5 Å². The lowest BCUT2D eigenvalue weighted by Gasteiger charge is -2.36. The molecule has 0 aromatic heterocycles. The third-order valence-corrected chi connectivity index (χ3v) is 7.11. The van der Waals surface area contributed by atoms with Gasteiger partial charge in [-0.15, -0.1) is 24.0 Å². The maximum atomic E-state index is 12.5. The van der Waals surface area contributed by atoms with Crippen LogP contribution in [0.3, 0.4) is 0 Å². The molecule has 1 amide bonds. The Kier molecular flexibility index (Phi) is 11.9. The highest BCUT2D eigenvalue weighted by Gasteiger charge is 2.29. The van der Waals surface area contributed by atoms with Gasteiger partial charge in [0.1, 0.15) is 6.54 Å². The van der Waals surface area contributed by atoms with E-state index in [1.807, 2.05) is 13.8 Å². The molecule has 30 heavy (non-hydrogen) atoms. The van der Waals surface area contributed by atoms with Crippen molar-refractivity contribution < 1.29 is 17.9 Å². The van der Waals surface area contributed by atoms with E-state index in [1.165, 1.54) is 22.0 Å². The molecule has 0 bridgehead atoms. The molecule has 0 atom stereocenters. The van der Waals surface area contributed by atoms with E-state index < -0.39 is 10.0 Å². The van der Waals surface area contributed by atoms with Crippen LogP contribution in [-0.4, -0.2) is 106 Å². The molecule has 0 unspecified atom stereocenters. The highest BCUT2D eigenvalue weighted by molar-refractivity contribution is 14.0. The summed E-state index contributed by atoms with van der Waals surface area (Å²) in [6.45, 7) is 6.02. The fourth-order valence-electron chi connectivity index (χ4n) is 3.47. The van der Waals surface area contributed by atoms with Crippen molar-refractivity contribution in [2.45, 2.75) is 51.7 Å². The SMILES string of the molecule is CC(C)OCCS(=O)(=O)N1CCN(C(=NCC(=O)N(C)C)NC2CCCC2)CC1.I. The van der Waals surface area contributed by atoms with Gasteiger partial charge in [0, 0.05) is 46.3 Å². The molecule has 2 rings (SSSR count). The molecule has 11 heteroatoms. The summed E-state index contributed by atoms with van der Waals surface area (Å²) in [5.74, 6) is 0.665. The lowest BCUT2D eigenvalue weighted by molar-refractivity contribution is -0.127. The van der Waals surface area contributed by atoms with Gasteiger partial charge in [-0.3, -0.25) is 4.79 Å². The topological polar surface area (TPSA) is 94.5 Å². The number of carbonyl (C=O) groups is 1. The number of piperazine rings is 1. The molecule has 1 saturated carbocycles. The summed E-state index contributed by atoms with van der Waals surface area (Å²) < 4.78 is 32.0. The normalized spacial score (nSPS) is 19.1. The highest BCUT2D eigenvalue weighted by atomic mass is 127. The molecule has 0 radical (unpaired) electrons. The molecule has 0 aromatic carbocycles. The van der Waals surface area contributed by atoms with Crippen molar-refractivity contribution in [1.29, 1.82) is 0 Å². The zero-order valence-corrected chi connectivity index (χ0v) is 21.8. The first-order valence-corrected chi connectivity index (χ1v) is 12.2. The molecule has 1 N–H and O–H groups in total. The van der Waals surface area contributed by atoms with Crippen molar-refractivity contribution in [2.24, 2.45) is 4.99 Å². The second-order valence-electron chi connectivity index (χ2n) is 8.18. The van der Waals surface area contributed by atoms with Crippen LogP contribution in [-0.2, 0) is 19.6 Å². The first-order valence-electron chi connectivity index (χ1n) is 10.5. The van der Waals surface area contributed by atoms with Crippen LogP contribution < -0.4 is 5.32 Å². The molecule has 1 aliphatic heterocycles. The number of hydrogen-bond donors (Lipinski definition) is 1. The number of carbonyl (C=O) groups excluding carboxylic acids is 1. The van der Waals surface area contributed by atoms with Crippen LogP contribution in [0.1, 0.15) is 39.5 Å². The van der Waals surface area contributed by atoms with Gasteiger partial charge in [-0.25, -0.2) is 13.4 Å². The highest BCUT2D eigenvalue weighted by Crippen LogP contribution is 2.18. The van der Waals surface area contributed by atoms with Crippen molar-refractivity contribution in [1.82, 2.24) is 19.4 Å². The Hall–Kier alpha value is -0.660. The van der Waals surface area contributed by atoms with Crippen molar-refractivity contribution in [3.8, 4) is 0 Å². The number of sulfonamides is 1. The molecule has 1 saturated heterocycles. The zero-order chi connectivity index (χ0) is 21.4. The van der Waals surface area contributed by atoms with E-state index in [9.17, 15) is 13.2 Å². The summed E-state index contributed by atoms with van der Waals surface area (Å²) in [6, 6.07) is 0.373. The van der Waals surface area contributed by atoms with Crippen LogP contribution in [0.25, 0.3) is 0 Å². The van der Waals surface area contributed by atoms with Crippen LogP contribution >= 0.6 is 24.0 Å². The molecule has 1 aliphatic carbocycles. The van der Waals surface area contributed by atoms with Gasteiger partial charge in [-0.2, -0.15) is 4.31 Å². The summed E-state index contributed by atoms with van der Waals surface area (Å²) in [5.41, 5.74) is 0. The fraction of sp³-hybridized carbons (Fsp3) is 0.895. The van der Waals surface area contributed by atoms with Crippen molar-refractivity contribution >= 4 is 45.9 Å². The molecule has 176 valence electrons. The minimum atomic E-state index is -3.33. The van der Waals surface area contributed by atoms with Crippen LogP contribution in [0.5, 0.6) is 0 Å². The summed E-state index contributed by atoms with van der Waals surface area (Å²) in [6.07, 6.45) is 4.63. The Balaban J connectivity index is 0.00000450. The van der Waals surface area contributed by atoms with E-state index in [-0.39, 0.29) is 54.9 Å². The minimum absolute atomic E-state index is 0. The Bertz CT molecular complexity index is 658. The molecule has 1 heterocycles. The number of halogens is 1. The zero-order valence-electron chi connectivity index (χ0n) is 18.7. The Morgan fingerprint density at radius 1 is 1.17 bits per heavy atom. The molecular weight excluding hydrogens is 521 g/mol. The molecule has 0 spiro atoms. The monoisotopic (exact) mass is 559 g/mol. The first kappa shape index (κ1) is 27.4. The van der Waals surface area contributed by atoms with Gasteiger partial charge in [-0.1, -0.05) is 12.8 Å². The van der Waals surface area contributed by atoms with Gasteiger partial charge in [-0.05, 0) is 26.7 Å². The summed E-state index contributed by atoms with van der Waals surface area (Å²) in [7, 11) is 0.107. The van der Waals surface area contributed by atoms with Crippen molar-refractivity contribution in [3.05, 3.63) is 0 Å². The van der Waals surface area contributed by atoms with E-state index in [0.717, 1.165) is 12.8 Å². The standard InChI is InChI=1S/C19H37N5O4S.HI/c1-16(2)28-13-14-29(26,27)24-11-9-23(10-12-24)19(20-15-18(25)22(3)4)21-17-7-5-6-8-17;/h16-17H,5-15H2,1-4H3,(H,20,21);1H. The van der Waals surface area contributed by atoms with Crippen molar-refractivity contribution in [2.75, 3.05) is 59.2 Å². The number of aliphatic imine (C=N–C) groups is 1. The maximum absolute atomic E-state index is 12.5. The quantitative estimate of drug-likeness (QED) is 0.271. The van der Waals surface area contributed by atoms with Gasteiger partial charge >= 0.3 is 0 Å². The second kappa shape index (κ2) is 13.0. The summed E-state index contributed by atoms with van der Waals surface area (Å²) in [4.78, 5) is 20.1. The van der Waals surface area contributed by atoms with E-state index in [2.05, 4.69) is 15.2 Å². The third kappa shape index (κ3) is 8.83. The van der Waals surface area contributed by atoms with Crippen LogP contribution in [0.15, 0.2) is 4.99 Å². The molecule has 2 fully saturated rings. The lowest BCUT2D eigenvalue weighted by atomic mass is 10.2. The predicted molar refractivity (Wildman–Crippen MR) is 130 cm³/mol. The van der Waals surface area contributed by atoms with E-state index >= 15 is 0 Å². The number of hydrogen-bond acceptors (Lipinski definition) is 5. The number of guanidine groups is 1. The summed E-state index contributed by atoms with van der Waals surface area (Å²) >= 11 is 0. The van der Waals surface area contributed by atoms with Gasteiger partial charge in [0.15, 0.2) is 5.96 Å². The second-order valence-corrected chi connectivity index (χ2v) is 10.3. The maximum Gasteiger partial charge on any atom is 0.243 e. The number of ether oxygens (including phenoxy) is 1. The molecular formula is C19H38IN5O4S. The van der Waals surface area contributed by atoms with Gasteiger partial charge < -0.3 is 19.9 Å². The van der Waals surface area contributed by atoms with Gasteiger partial charge in [0.25, 0.3) is 0 Å². The average Bonchev–Trinajstić information content (AvgIpc) is 3.17. The number of likely N-dealkylation sites (N-methyl/N-ethyl adjacent to an activating group) is 1. The number of nitrogens with one attached hydrogen (secondary N) is 1. The van der Waals surface area contributed by atoms with E-state index in [0.29, 0.717) is 38.2 Å². The fourth-order valence-corrected chi connectivity index (χ4v) is 4.75. The average molecular weight is 560 g/mol. The lowest BCUT2D eigenvalue weighted by Crippen LogP contribution is -2.55. The Morgan fingerprint density at radius 2 is 1.77 bits per heavy atom. The van der Waals surface area contributed by atoms with Crippen LogP contribution in [0.2, 0.25) is 0 Å². The number of nitrogens with zero attached hydrogens (tertiary/aromatic N) is 4. The number of amides is 1. The molecule has 2 aliphatic rings. The van der Waals surface area contributed by atoms with E-state index in [1.54, 1.807) is 14.1 Å². The molecule has 9 nitrogen and oxygen atoms in total. The smallest absolute Gasteiger partial charge is 0.243 e. The largest absolute Gasteiger partial charge is 0.378 e. The third-order valence-electron chi connectivity index (χ3n) is 5.28. The Labute approximate surface area is 198 Å². The van der Waals surface area contributed by atoms with Crippen LogP contribution in [0, 0.1) is 0 Å². The molecule has 0 aromatic rings. The van der Waals surface area contributed by atoms with Crippen molar-refractivity contribution in [3.63, 3.8) is 0 Å².